The van der Waals surface area contributed by atoms with E-state index in [4.69, 9.17) is 0 Å². The summed E-state index contributed by atoms with van der Waals surface area (Å²) < 4.78 is 0. The molecule has 3 heteroatoms. The van der Waals surface area contributed by atoms with E-state index in [1.807, 2.05) is 0 Å². The molecule has 0 amide bonds. The van der Waals surface area contributed by atoms with Crippen molar-refractivity contribution in [3.05, 3.63) is 108 Å². The minimum Gasteiger partial charge on any atom is -0.0686 e. The summed E-state index contributed by atoms with van der Waals surface area (Å²) in [6.07, 6.45) is 0. The average molecular weight is 469 g/mol. The van der Waals surface area contributed by atoms with Crippen LogP contribution >= 0.6 is 17.2 Å². The highest BCUT2D eigenvalue weighted by Gasteiger charge is 2.48. The van der Waals surface area contributed by atoms with Crippen molar-refractivity contribution < 1.29 is 0 Å². The Hall–Kier alpha value is -2.04. The van der Waals surface area contributed by atoms with Gasteiger partial charge in [-0.3, -0.25) is 0 Å². The van der Waals surface area contributed by atoms with Crippen LogP contribution in [0.2, 0.25) is 19.6 Å². The van der Waals surface area contributed by atoms with E-state index in [-0.39, 0.29) is 5.04 Å². The zero-order valence-electron chi connectivity index (χ0n) is 19.2. The number of fused-ring (bicyclic) bond motifs is 3. The number of hydrogen-bond acceptors (Lipinski definition) is 0. The molecule has 4 aromatic rings. The van der Waals surface area contributed by atoms with Crippen LogP contribution in [-0.4, -0.2) is 8.07 Å². The maximum atomic E-state index is 2.53. The molecular formula is C29H30P2Si. The maximum absolute atomic E-state index is 2.53. The number of hydrogen-bond donors (Lipinski definition) is 0. The summed E-state index contributed by atoms with van der Waals surface area (Å²) in [4.78, 5) is 0. The van der Waals surface area contributed by atoms with Crippen molar-refractivity contribution in [1.29, 1.82) is 0 Å². The van der Waals surface area contributed by atoms with Crippen LogP contribution in [0.5, 0.6) is 0 Å². The second kappa shape index (κ2) is 8.38. The van der Waals surface area contributed by atoms with Crippen molar-refractivity contribution in [3.63, 3.8) is 0 Å². The Morgan fingerprint density at radius 2 is 0.938 bits per heavy atom. The lowest BCUT2D eigenvalue weighted by Crippen LogP contribution is -2.47. The van der Waals surface area contributed by atoms with Gasteiger partial charge in [-0.2, -0.15) is 0 Å². The molecule has 0 spiro atoms. The quantitative estimate of drug-likeness (QED) is 0.245. The van der Waals surface area contributed by atoms with Crippen LogP contribution in [0.1, 0.15) is 18.1 Å². The highest BCUT2D eigenvalue weighted by Crippen LogP contribution is 2.53. The van der Waals surface area contributed by atoms with E-state index >= 15 is 0 Å². The van der Waals surface area contributed by atoms with Crippen LogP contribution in [0.25, 0.3) is 11.1 Å². The summed E-state index contributed by atoms with van der Waals surface area (Å²) in [6, 6.07) is 36.3. The third-order valence-corrected chi connectivity index (χ3v) is 13.0. The molecule has 0 radical (unpaired) electrons. The van der Waals surface area contributed by atoms with Crippen molar-refractivity contribution in [2.24, 2.45) is 0 Å². The van der Waals surface area contributed by atoms with E-state index < -0.39 is 8.07 Å². The summed E-state index contributed by atoms with van der Waals surface area (Å²) >= 11 is 0. The van der Waals surface area contributed by atoms with Gasteiger partial charge in [0, 0.05) is 5.04 Å². The maximum Gasteiger partial charge on any atom is 0.0609 e. The molecule has 0 saturated carbocycles. The van der Waals surface area contributed by atoms with Crippen LogP contribution in [0.4, 0.5) is 0 Å². The molecule has 0 fully saturated rings. The second-order valence-corrected chi connectivity index (χ2v) is 18.2. The molecule has 2 atom stereocenters. The first kappa shape index (κ1) is 21.8. The summed E-state index contributed by atoms with van der Waals surface area (Å²) in [6.45, 7) is 10.1. The van der Waals surface area contributed by atoms with Gasteiger partial charge in [-0.05, 0) is 43.5 Å². The zero-order chi connectivity index (χ0) is 22.3. The summed E-state index contributed by atoms with van der Waals surface area (Å²) in [5.74, 6) is 0. The Morgan fingerprint density at radius 3 is 1.31 bits per heavy atom. The fourth-order valence-corrected chi connectivity index (χ4v) is 9.05. The summed E-state index contributed by atoms with van der Waals surface area (Å²) in [5.41, 5.74) is 5.99. The first-order chi connectivity index (χ1) is 15.4. The predicted octanol–water partition coefficient (Wildman–Crippen LogP) is 6.11. The van der Waals surface area contributed by atoms with Gasteiger partial charge in [-0.15, -0.1) is 0 Å². The third-order valence-electron chi connectivity index (χ3n) is 7.03. The first-order valence-corrected chi connectivity index (χ1v) is 16.8. The first-order valence-electron chi connectivity index (χ1n) is 11.3. The van der Waals surface area contributed by atoms with E-state index in [1.165, 1.54) is 32.3 Å². The van der Waals surface area contributed by atoms with Crippen molar-refractivity contribution in [2.45, 2.75) is 31.6 Å². The van der Waals surface area contributed by atoms with Crippen molar-refractivity contribution in [3.8, 4) is 11.1 Å². The molecule has 4 aromatic carbocycles. The molecule has 0 bridgehead atoms. The third kappa shape index (κ3) is 3.82. The Bertz CT molecular complexity index is 1170. The Morgan fingerprint density at radius 1 is 0.531 bits per heavy atom. The van der Waals surface area contributed by atoms with Crippen molar-refractivity contribution >= 4 is 46.5 Å². The fourth-order valence-electron chi connectivity index (χ4n) is 4.87. The van der Waals surface area contributed by atoms with Crippen LogP contribution in [-0.2, 0) is 5.04 Å². The second-order valence-electron chi connectivity index (χ2n) is 9.88. The highest BCUT2D eigenvalue weighted by atomic mass is 31.1. The minimum atomic E-state index is -1.57. The molecule has 1 aliphatic rings. The highest BCUT2D eigenvalue weighted by molar-refractivity contribution is 7.55. The number of benzene rings is 4. The van der Waals surface area contributed by atoms with E-state index in [9.17, 15) is 0 Å². The normalized spacial score (nSPS) is 17.9. The molecule has 1 aliphatic carbocycles. The van der Waals surface area contributed by atoms with Crippen LogP contribution < -0.4 is 21.2 Å². The fraction of sp³-hybridized carbons (Fsp3) is 0.172. The molecular weight excluding hydrogens is 438 g/mol. The summed E-state index contributed by atoms with van der Waals surface area (Å²) in [5, 5.41) is 5.82. The molecule has 0 aromatic heterocycles. The minimum absolute atomic E-state index is 0.117. The lowest BCUT2D eigenvalue weighted by molar-refractivity contribution is 0.801. The molecule has 5 rings (SSSR count). The van der Waals surface area contributed by atoms with Gasteiger partial charge < -0.3 is 0 Å². The van der Waals surface area contributed by atoms with Crippen LogP contribution in [0, 0.1) is 0 Å². The van der Waals surface area contributed by atoms with Gasteiger partial charge in [-0.1, -0.05) is 141 Å². The molecule has 0 aliphatic heterocycles. The van der Waals surface area contributed by atoms with E-state index in [0.29, 0.717) is 17.2 Å². The van der Waals surface area contributed by atoms with Gasteiger partial charge in [0.25, 0.3) is 0 Å². The lowest BCUT2D eigenvalue weighted by Gasteiger charge is -2.39. The Balaban J connectivity index is 1.59. The molecule has 0 N–H and O–H groups in total. The molecule has 32 heavy (non-hydrogen) atoms. The number of rotatable bonds is 5. The van der Waals surface area contributed by atoms with Gasteiger partial charge in [0.05, 0.1) is 8.07 Å². The molecule has 0 heterocycles. The van der Waals surface area contributed by atoms with Gasteiger partial charge in [0.15, 0.2) is 0 Å². The Labute approximate surface area is 197 Å². The molecule has 0 nitrogen and oxygen atoms in total. The largest absolute Gasteiger partial charge is 0.0686 e. The molecule has 0 saturated heterocycles. The van der Waals surface area contributed by atoms with Gasteiger partial charge in [0.2, 0.25) is 0 Å². The van der Waals surface area contributed by atoms with Gasteiger partial charge in [0.1, 0.15) is 0 Å². The van der Waals surface area contributed by atoms with Gasteiger partial charge in [-0.25, -0.2) is 0 Å². The smallest absolute Gasteiger partial charge is 0.0609 e. The van der Waals surface area contributed by atoms with E-state index in [1.54, 1.807) is 11.1 Å². The summed E-state index contributed by atoms with van der Waals surface area (Å²) in [7, 11) is -0.170. The van der Waals surface area contributed by atoms with E-state index in [2.05, 4.69) is 124 Å². The monoisotopic (exact) mass is 468 g/mol. The SMILES string of the molecule is CC1([Si](C)(C)C)c2cc(Pc3ccccc3)ccc2-c2ccc(Pc3ccccc3)cc21. The topological polar surface area (TPSA) is 0 Å². The zero-order valence-corrected chi connectivity index (χ0v) is 22.2. The predicted molar refractivity (Wildman–Crippen MR) is 150 cm³/mol. The van der Waals surface area contributed by atoms with Crippen molar-refractivity contribution in [1.82, 2.24) is 0 Å². The van der Waals surface area contributed by atoms with E-state index in [0.717, 1.165) is 0 Å². The van der Waals surface area contributed by atoms with Crippen LogP contribution in [0.3, 0.4) is 0 Å². The van der Waals surface area contributed by atoms with Gasteiger partial charge >= 0.3 is 0 Å². The standard InChI is InChI=1S/C29H30P2Si/c1-29(32(2,3)4)27-19-23(30-21-11-7-5-8-12-21)15-17-25(27)26-18-16-24(20-28(26)29)31-22-13-9-6-10-14-22/h5-20,30-31H,1-4H3. The molecule has 160 valence electrons. The Kier molecular flexibility index (Phi) is 5.71. The lowest BCUT2D eigenvalue weighted by atomic mass is 9.98. The van der Waals surface area contributed by atoms with Crippen LogP contribution in [0.15, 0.2) is 97.1 Å². The average Bonchev–Trinajstić information content (AvgIpc) is 3.04. The van der Waals surface area contributed by atoms with Crippen molar-refractivity contribution in [2.75, 3.05) is 0 Å². The molecule has 2 unspecified atom stereocenters.